The molecule has 0 spiro atoms. The summed E-state index contributed by atoms with van der Waals surface area (Å²) in [6.07, 6.45) is 14.7. The zero-order valence-corrected chi connectivity index (χ0v) is 20.0. The third kappa shape index (κ3) is 5.43. The van der Waals surface area contributed by atoms with Gasteiger partial charge in [0.1, 0.15) is 11.6 Å². The number of benzene rings is 2. The molecular weight excluding hydrogens is 398 g/mol. The summed E-state index contributed by atoms with van der Waals surface area (Å²) >= 11 is 0. The van der Waals surface area contributed by atoms with Gasteiger partial charge in [0.15, 0.2) is 0 Å². The molecule has 2 aromatic carbocycles. The zero-order chi connectivity index (χ0) is 22.5. The van der Waals surface area contributed by atoms with E-state index in [4.69, 9.17) is 0 Å². The molecule has 4 rings (SSSR count). The van der Waals surface area contributed by atoms with Crippen LogP contribution in [0.1, 0.15) is 114 Å². The molecule has 2 aliphatic rings. The maximum absolute atomic E-state index is 15.1. The van der Waals surface area contributed by atoms with E-state index in [1.807, 2.05) is 12.1 Å². The molecule has 0 nitrogen and oxygen atoms in total. The van der Waals surface area contributed by atoms with Gasteiger partial charge in [-0.3, -0.25) is 0 Å². The molecule has 0 heterocycles. The van der Waals surface area contributed by atoms with Gasteiger partial charge in [-0.05, 0) is 98.3 Å². The van der Waals surface area contributed by atoms with E-state index < -0.39 is 0 Å². The first kappa shape index (κ1) is 23.5. The maximum atomic E-state index is 15.1. The fraction of sp³-hybridized carbons (Fsp3) is 0.600. The number of hydrogen-bond donors (Lipinski definition) is 0. The van der Waals surface area contributed by atoms with Crippen molar-refractivity contribution in [1.29, 1.82) is 0 Å². The summed E-state index contributed by atoms with van der Waals surface area (Å²) in [5.41, 5.74) is 2.96. The Hall–Kier alpha value is -1.70. The maximum Gasteiger partial charge on any atom is 0.131 e. The lowest BCUT2D eigenvalue weighted by Gasteiger charge is -2.29. The van der Waals surface area contributed by atoms with Crippen molar-refractivity contribution in [3.63, 3.8) is 0 Å². The molecule has 0 saturated heterocycles. The van der Waals surface area contributed by atoms with Crippen LogP contribution in [-0.2, 0) is 0 Å². The van der Waals surface area contributed by atoms with Crippen molar-refractivity contribution in [2.45, 2.75) is 103 Å². The van der Waals surface area contributed by atoms with Crippen molar-refractivity contribution in [3.8, 4) is 11.1 Å². The van der Waals surface area contributed by atoms with Gasteiger partial charge >= 0.3 is 0 Å². The fourth-order valence-electron chi connectivity index (χ4n) is 6.39. The molecule has 0 bridgehead atoms. The van der Waals surface area contributed by atoms with Crippen molar-refractivity contribution in [2.75, 3.05) is 0 Å². The average molecular weight is 439 g/mol. The van der Waals surface area contributed by atoms with Crippen LogP contribution in [0.2, 0.25) is 0 Å². The van der Waals surface area contributed by atoms with Gasteiger partial charge in [-0.25, -0.2) is 8.78 Å². The van der Waals surface area contributed by atoms with Gasteiger partial charge in [0.2, 0.25) is 0 Å². The predicted molar refractivity (Wildman–Crippen MR) is 131 cm³/mol. The Morgan fingerprint density at radius 3 is 1.28 bits per heavy atom. The first-order chi connectivity index (χ1) is 15.6. The lowest BCUT2D eigenvalue weighted by atomic mass is 9.76. The molecule has 2 aromatic rings. The van der Waals surface area contributed by atoms with Crippen molar-refractivity contribution >= 4 is 0 Å². The van der Waals surface area contributed by atoms with Crippen LogP contribution in [0.4, 0.5) is 8.78 Å². The Balaban J connectivity index is 1.44. The molecule has 2 aliphatic carbocycles. The summed E-state index contributed by atoms with van der Waals surface area (Å²) in [5.74, 6) is 2.00. The Labute approximate surface area is 193 Å². The molecule has 2 heteroatoms. The number of hydrogen-bond acceptors (Lipinski definition) is 0. The van der Waals surface area contributed by atoms with Crippen molar-refractivity contribution in [3.05, 3.63) is 59.2 Å². The summed E-state index contributed by atoms with van der Waals surface area (Å²) in [6.45, 7) is 4.51. The van der Waals surface area contributed by atoms with E-state index in [1.54, 1.807) is 24.3 Å². The van der Waals surface area contributed by atoms with Crippen molar-refractivity contribution in [1.82, 2.24) is 0 Å². The molecule has 174 valence electrons. The average Bonchev–Trinajstić information content (AvgIpc) is 2.81. The van der Waals surface area contributed by atoms with E-state index in [0.29, 0.717) is 23.0 Å². The summed E-state index contributed by atoms with van der Waals surface area (Å²) in [5, 5.41) is 0. The standard InChI is InChI=1S/C30H40F2/c1-3-5-21-7-11-23(12-8-21)25-15-17-27(29(31)19-25)28-18-16-26(20-30(28)32)24-13-9-22(6-4-2)10-14-24/h15-24H,3-14H2,1-2H3. The second-order valence-corrected chi connectivity index (χ2v) is 10.5. The first-order valence-electron chi connectivity index (χ1n) is 13.2. The molecular formula is C30H40F2. The molecule has 0 N–H and O–H groups in total. The second kappa shape index (κ2) is 10.9. The smallest absolute Gasteiger partial charge is 0.131 e. The Bertz CT molecular complexity index is 797. The van der Waals surface area contributed by atoms with Crippen molar-refractivity contribution in [2.24, 2.45) is 11.8 Å². The highest BCUT2D eigenvalue weighted by molar-refractivity contribution is 5.66. The normalized spacial score (nSPS) is 26.2. The van der Waals surface area contributed by atoms with Crippen LogP contribution in [0.5, 0.6) is 0 Å². The largest absolute Gasteiger partial charge is 0.206 e. The highest BCUT2D eigenvalue weighted by Gasteiger charge is 2.24. The topological polar surface area (TPSA) is 0 Å². The van der Waals surface area contributed by atoms with Crippen LogP contribution in [0.25, 0.3) is 11.1 Å². The summed E-state index contributed by atoms with van der Waals surface area (Å²) in [4.78, 5) is 0. The highest BCUT2D eigenvalue weighted by Crippen LogP contribution is 2.40. The summed E-state index contributed by atoms with van der Waals surface area (Å²) in [7, 11) is 0. The second-order valence-electron chi connectivity index (χ2n) is 10.5. The van der Waals surface area contributed by atoms with Crippen LogP contribution < -0.4 is 0 Å². The minimum atomic E-state index is -0.287. The summed E-state index contributed by atoms with van der Waals surface area (Å²) < 4.78 is 30.1. The van der Waals surface area contributed by atoms with Gasteiger partial charge in [-0.15, -0.1) is 0 Å². The molecule has 2 fully saturated rings. The van der Waals surface area contributed by atoms with Crippen LogP contribution in [0.15, 0.2) is 36.4 Å². The van der Waals surface area contributed by atoms with E-state index in [0.717, 1.165) is 48.6 Å². The minimum Gasteiger partial charge on any atom is -0.206 e. The SMILES string of the molecule is CCCC1CCC(c2ccc(-c3ccc(C4CCC(CCC)CC4)cc3F)c(F)c2)CC1. The van der Waals surface area contributed by atoms with Gasteiger partial charge < -0.3 is 0 Å². The van der Waals surface area contributed by atoms with E-state index >= 15 is 8.78 Å². The fourth-order valence-corrected chi connectivity index (χ4v) is 6.39. The van der Waals surface area contributed by atoms with Crippen LogP contribution >= 0.6 is 0 Å². The van der Waals surface area contributed by atoms with E-state index in [9.17, 15) is 0 Å². The van der Waals surface area contributed by atoms with Gasteiger partial charge in [-0.1, -0.05) is 63.8 Å². The molecule has 32 heavy (non-hydrogen) atoms. The van der Waals surface area contributed by atoms with Gasteiger partial charge in [0.25, 0.3) is 0 Å². The van der Waals surface area contributed by atoms with Crippen LogP contribution in [0.3, 0.4) is 0 Å². The number of halogens is 2. The first-order valence-corrected chi connectivity index (χ1v) is 13.2. The Morgan fingerprint density at radius 1 is 0.594 bits per heavy atom. The monoisotopic (exact) mass is 438 g/mol. The minimum absolute atomic E-state index is 0.287. The molecule has 2 saturated carbocycles. The third-order valence-corrected chi connectivity index (χ3v) is 8.31. The molecule has 0 atom stereocenters. The molecule has 0 aliphatic heterocycles. The van der Waals surface area contributed by atoms with Gasteiger partial charge in [-0.2, -0.15) is 0 Å². The Kier molecular flexibility index (Phi) is 8.02. The third-order valence-electron chi connectivity index (χ3n) is 8.31. The lowest BCUT2D eigenvalue weighted by Crippen LogP contribution is -2.13. The van der Waals surface area contributed by atoms with E-state index in [2.05, 4.69) is 13.8 Å². The van der Waals surface area contributed by atoms with Crippen molar-refractivity contribution < 1.29 is 8.78 Å². The predicted octanol–water partition coefficient (Wildman–Crippen LogP) is 9.78. The lowest BCUT2D eigenvalue weighted by molar-refractivity contribution is 0.308. The molecule has 0 amide bonds. The molecule has 0 unspecified atom stereocenters. The molecule has 0 aromatic heterocycles. The highest BCUT2D eigenvalue weighted by atomic mass is 19.1. The van der Waals surface area contributed by atoms with Crippen LogP contribution in [0, 0.1) is 23.5 Å². The van der Waals surface area contributed by atoms with Gasteiger partial charge in [0, 0.05) is 11.1 Å². The Morgan fingerprint density at radius 2 is 0.969 bits per heavy atom. The van der Waals surface area contributed by atoms with Crippen LogP contribution in [-0.4, -0.2) is 0 Å². The zero-order valence-electron chi connectivity index (χ0n) is 20.0. The van der Waals surface area contributed by atoms with E-state index in [1.165, 1.54) is 51.4 Å². The molecule has 0 radical (unpaired) electrons. The quantitative estimate of drug-likeness (QED) is 0.403. The summed E-state index contributed by atoms with van der Waals surface area (Å²) in [6, 6.07) is 11.0. The van der Waals surface area contributed by atoms with E-state index in [-0.39, 0.29) is 11.6 Å². The van der Waals surface area contributed by atoms with Gasteiger partial charge in [0.05, 0.1) is 0 Å². The number of rotatable bonds is 7.